The average molecular weight is 407 g/mol. The largest absolute Gasteiger partial charge is 0.450 e. The number of esters is 1. The number of hydrogen-bond donors (Lipinski definition) is 2. The van der Waals surface area contributed by atoms with E-state index < -0.39 is 24.0 Å². The molecule has 2 rings (SSSR count). The van der Waals surface area contributed by atoms with Crippen LogP contribution in [0.3, 0.4) is 0 Å². The molecule has 3 amide bonds. The Bertz CT molecular complexity index is 785. The molecule has 0 bridgehead atoms. The molecular formula is C17H15BrN2O5. The molecule has 0 radical (unpaired) electrons. The highest BCUT2D eigenvalue weighted by Gasteiger charge is 2.25. The highest BCUT2D eigenvalue weighted by molar-refractivity contribution is 9.10. The minimum atomic E-state index is -1.26. The van der Waals surface area contributed by atoms with Gasteiger partial charge < -0.3 is 14.5 Å². The standard InChI is InChI=1S/C17H15BrN2O5/c1-19-17(23)20-16(22)15(11-5-3-2-4-6-11)25-14(21)10-8-12-7-9-13(18)24-12/h2-10,15H,1H3,(H2,19,20,22,23)/b10-8+/t15-/m0/s1. The van der Waals surface area contributed by atoms with E-state index in [4.69, 9.17) is 9.15 Å². The van der Waals surface area contributed by atoms with Crippen molar-refractivity contribution in [3.05, 3.63) is 64.5 Å². The van der Waals surface area contributed by atoms with Gasteiger partial charge in [-0.1, -0.05) is 30.3 Å². The lowest BCUT2D eigenvalue weighted by Crippen LogP contribution is -2.41. The molecule has 0 aliphatic rings. The SMILES string of the molecule is CNC(=O)NC(=O)[C@@H](OC(=O)/C=C/c1ccc(Br)o1)c1ccccc1. The van der Waals surface area contributed by atoms with E-state index in [1.54, 1.807) is 42.5 Å². The van der Waals surface area contributed by atoms with Crippen LogP contribution in [-0.2, 0) is 14.3 Å². The topological polar surface area (TPSA) is 97.6 Å². The molecule has 1 aromatic heterocycles. The van der Waals surface area contributed by atoms with Crippen LogP contribution in [0.25, 0.3) is 6.08 Å². The number of amides is 3. The Hall–Kier alpha value is -2.87. The zero-order valence-electron chi connectivity index (χ0n) is 13.2. The van der Waals surface area contributed by atoms with Crippen molar-refractivity contribution in [3.8, 4) is 0 Å². The van der Waals surface area contributed by atoms with Gasteiger partial charge in [0, 0.05) is 18.7 Å². The van der Waals surface area contributed by atoms with E-state index in [9.17, 15) is 14.4 Å². The molecule has 0 saturated carbocycles. The fraction of sp³-hybridized carbons (Fsp3) is 0.118. The molecule has 0 aliphatic heterocycles. The number of rotatable bonds is 5. The summed E-state index contributed by atoms with van der Waals surface area (Å²) < 4.78 is 11.0. The van der Waals surface area contributed by atoms with Crippen LogP contribution in [0, 0.1) is 0 Å². The van der Waals surface area contributed by atoms with Gasteiger partial charge in [-0.2, -0.15) is 0 Å². The molecule has 1 heterocycles. The summed E-state index contributed by atoms with van der Waals surface area (Å²) in [6.07, 6.45) is 1.28. The van der Waals surface area contributed by atoms with Gasteiger partial charge in [0.05, 0.1) is 0 Å². The Balaban J connectivity index is 2.12. The summed E-state index contributed by atoms with van der Waals surface area (Å²) in [6, 6.07) is 11.0. The minimum Gasteiger partial charge on any atom is -0.450 e. The van der Waals surface area contributed by atoms with Crippen molar-refractivity contribution in [1.29, 1.82) is 0 Å². The van der Waals surface area contributed by atoms with Crippen molar-refractivity contribution < 1.29 is 23.5 Å². The van der Waals surface area contributed by atoms with Gasteiger partial charge in [0.1, 0.15) is 5.76 Å². The van der Waals surface area contributed by atoms with Crippen LogP contribution in [0.15, 0.2) is 57.6 Å². The summed E-state index contributed by atoms with van der Waals surface area (Å²) in [5, 5.41) is 4.36. The van der Waals surface area contributed by atoms with Gasteiger partial charge in [-0.3, -0.25) is 10.1 Å². The first kappa shape index (κ1) is 18.5. The second kappa shape index (κ2) is 8.84. The number of urea groups is 1. The number of hydrogen-bond acceptors (Lipinski definition) is 5. The smallest absolute Gasteiger partial charge is 0.332 e. The molecular weight excluding hydrogens is 392 g/mol. The van der Waals surface area contributed by atoms with E-state index in [-0.39, 0.29) is 0 Å². The molecule has 2 aromatic rings. The van der Waals surface area contributed by atoms with Gasteiger partial charge >= 0.3 is 12.0 Å². The van der Waals surface area contributed by atoms with Gasteiger partial charge in [0.15, 0.2) is 4.67 Å². The van der Waals surface area contributed by atoms with Crippen LogP contribution >= 0.6 is 15.9 Å². The first-order valence-corrected chi connectivity index (χ1v) is 8.00. The number of nitrogens with one attached hydrogen (secondary N) is 2. The van der Waals surface area contributed by atoms with Gasteiger partial charge in [-0.25, -0.2) is 9.59 Å². The molecule has 2 N–H and O–H groups in total. The third-order valence-electron chi connectivity index (χ3n) is 3.02. The summed E-state index contributed by atoms with van der Waals surface area (Å²) in [6.45, 7) is 0. The van der Waals surface area contributed by atoms with Crippen LogP contribution < -0.4 is 10.6 Å². The Morgan fingerprint density at radius 1 is 1.16 bits per heavy atom. The van der Waals surface area contributed by atoms with Gasteiger partial charge in [0.25, 0.3) is 5.91 Å². The lowest BCUT2D eigenvalue weighted by molar-refractivity contribution is -0.151. The van der Waals surface area contributed by atoms with Crippen molar-refractivity contribution in [1.82, 2.24) is 10.6 Å². The van der Waals surface area contributed by atoms with E-state index in [1.807, 2.05) is 0 Å². The predicted octanol–water partition coefficient (Wildman–Crippen LogP) is 2.80. The van der Waals surface area contributed by atoms with E-state index in [0.717, 1.165) is 6.08 Å². The Morgan fingerprint density at radius 3 is 2.48 bits per heavy atom. The molecule has 130 valence electrons. The summed E-state index contributed by atoms with van der Waals surface area (Å²) in [7, 11) is 1.37. The van der Waals surface area contributed by atoms with Gasteiger partial charge in [-0.05, 0) is 34.1 Å². The quantitative estimate of drug-likeness (QED) is 0.587. The summed E-state index contributed by atoms with van der Waals surface area (Å²) in [5.41, 5.74) is 0.436. The molecule has 0 spiro atoms. The van der Waals surface area contributed by atoms with E-state index in [0.29, 0.717) is 16.0 Å². The minimum absolute atomic E-state index is 0.436. The van der Waals surface area contributed by atoms with Crippen LogP contribution in [-0.4, -0.2) is 25.0 Å². The number of benzene rings is 1. The fourth-order valence-corrected chi connectivity index (χ4v) is 2.18. The predicted molar refractivity (Wildman–Crippen MR) is 93.3 cm³/mol. The number of ether oxygens (including phenoxy) is 1. The lowest BCUT2D eigenvalue weighted by atomic mass is 10.1. The molecule has 0 aliphatic carbocycles. The van der Waals surface area contributed by atoms with Gasteiger partial charge in [-0.15, -0.1) is 0 Å². The maximum atomic E-state index is 12.2. The van der Waals surface area contributed by atoms with Crippen molar-refractivity contribution in [2.24, 2.45) is 0 Å². The van der Waals surface area contributed by atoms with E-state index >= 15 is 0 Å². The van der Waals surface area contributed by atoms with E-state index in [2.05, 4.69) is 26.6 Å². The zero-order chi connectivity index (χ0) is 18.2. The highest BCUT2D eigenvalue weighted by atomic mass is 79.9. The first-order chi connectivity index (χ1) is 12.0. The molecule has 25 heavy (non-hydrogen) atoms. The second-order valence-electron chi connectivity index (χ2n) is 4.77. The van der Waals surface area contributed by atoms with E-state index in [1.165, 1.54) is 13.1 Å². The summed E-state index contributed by atoms with van der Waals surface area (Å²) in [4.78, 5) is 35.6. The van der Waals surface area contributed by atoms with Crippen molar-refractivity contribution in [3.63, 3.8) is 0 Å². The summed E-state index contributed by atoms with van der Waals surface area (Å²) >= 11 is 3.15. The Morgan fingerprint density at radius 2 is 1.88 bits per heavy atom. The molecule has 0 fully saturated rings. The molecule has 8 heteroatoms. The maximum absolute atomic E-state index is 12.2. The zero-order valence-corrected chi connectivity index (χ0v) is 14.8. The molecule has 1 aromatic carbocycles. The number of carbonyl (C=O) groups excluding carboxylic acids is 3. The van der Waals surface area contributed by atoms with Gasteiger partial charge in [0.2, 0.25) is 6.10 Å². The number of imide groups is 1. The number of carbonyl (C=O) groups is 3. The molecule has 1 atom stereocenters. The van der Waals surface area contributed by atoms with Crippen molar-refractivity contribution in [2.75, 3.05) is 7.05 Å². The first-order valence-electron chi connectivity index (χ1n) is 7.21. The monoisotopic (exact) mass is 406 g/mol. The third-order valence-corrected chi connectivity index (χ3v) is 3.44. The lowest BCUT2D eigenvalue weighted by Gasteiger charge is -2.16. The fourth-order valence-electron chi connectivity index (χ4n) is 1.86. The Kier molecular flexibility index (Phi) is 6.53. The van der Waals surface area contributed by atoms with Crippen LogP contribution in [0.4, 0.5) is 4.79 Å². The second-order valence-corrected chi connectivity index (χ2v) is 5.55. The van der Waals surface area contributed by atoms with Crippen LogP contribution in [0.5, 0.6) is 0 Å². The van der Waals surface area contributed by atoms with Crippen molar-refractivity contribution in [2.45, 2.75) is 6.10 Å². The molecule has 7 nitrogen and oxygen atoms in total. The third kappa shape index (κ3) is 5.61. The Labute approximate surface area is 152 Å². The van der Waals surface area contributed by atoms with Crippen molar-refractivity contribution >= 4 is 39.9 Å². The number of furan rings is 1. The molecule has 0 saturated heterocycles. The normalized spacial score (nSPS) is 11.8. The number of halogens is 1. The maximum Gasteiger partial charge on any atom is 0.332 e. The van der Waals surface area contributed by atoms with Crippen LogP contribution in [0.1, 0.15) is 17.4 Å². The summed E-state index contributed by atoms with van der Waals surface area (Å²) in [5.74, 6) is -1.07. The molecule has 0 unspecified atom stereocenters. The average Bonchev–Trinajstić information content (AvgIpc) is 3.03. The van der Waals surface area contributed by atoms with Crippen LogP contribution in [0.2, 0.25) is 0 Å². The highest BCUT2D eigenvalue weighted by Crippen LogP contribution is 2.19.